The maximum atomic E-state index is 12.4. The lowest BCUT2D eigenvalue weighted by Gasteiger charge is -2.16. The average Bonchev–Trinajstić information content (AvgIpc) is 3.02. The van der Waals surface area contributed by atoms with Gasteiger partial charge in [0.25, 0.3) is 5.78 Å². The van der Waals surface area contributed by atoms with Crippen molar-refractivity contribution in [2.45, 2.75) is 39.7 Å². The van der Waals surface area contributed by atoms with Crippen LogP contribution in [0, 0.1) is 13.8 Å². The number of nitrogens with one attached hydrogen (secondary N) is 1. The van der Waals surface area contributed by atoms with E-state index in [1.165, 1.54) is 6.33 Å². The second-order valence-electron chi connectivity index (χ2n) is 6.19. The number of halogens is 2. The molecule has 8 heteroatoms. The van der Waals surface area contributed by atoms with Crippen molar-refractivity contribution in [3.63, 3.8) is 0 Å². The van der Waals surface area contributed by atoms with Crippen LogP contribution in [0.3, 0.4) is 0 Å². The van der Waals surface area contributed by atoms with Crippen molar-refractivity contribution in [1.82, 2.24) is 24.9 Å². The Morgan fingerprint density at radius 2 is 2.08 bits per heavy atom. The molecule has 0 saturated heterocycles. The molecular formula is C18H19Cl2N5O. The Bertz CT molecular complexity index is 970. The molecule has 3 rings (SSSR count). The summed E-state index contributed by atoms with van der Waals surface area (Å²) in [5, 5.41) is 8.25. The van der Waals surface area contributed by atoms with E-state index < -0.39 is 0 Å². The minimum absolute atomic E-state index is 0.0546. The van der Waals surface area contributed by atoms with Gasteiger partial charge in [0, 0.05) is 27.9 Å². The fourth-order valence-corrected chi connectivity index (χ4v) is 3.57. The molecule has 0 radical (unpaired) electrons. The van der Waals surface area contributed by atoms with Crippen molar-refractivity contribution in [3.8, 4) is 0 Å². The second-order valence-corrected chi connectivity index (χ2v) is 7.03. The lowest BCUT2D eigenvalue weighted by atomic mass is 10.1. The molecule has 0 saturated carbocycles. The van der Waals surface area contributed by atoms with E-state index in [9.17, 15) is 4.79 Å². The summed E-state index contributed by atoms with van der Waals surface area (Å²) in [4.78, 5) is 20.9. The Labute approximate surface area is 161 Å². The van der Waals surface area contributed by atoms with Gasteiger partial charge < -0.3 is 5.32 Å². The number of hydrogen-bond donors (Lipinski definition) is 1. The molecule has 1 N–H and O–H groups in total. The highest BCUT2D eigenvalue weighted by Crippen LogP contribution is 2.26. The number of fused-ring (bicyclic) bond motifs is 1. The van der Waals surface area contributed by atoms with E-state index in [1.807, 2.05) is 26.8 Å². The molecule has 0 fully saturated rings. The van der Waals surface area contributed by atoms with Crippen LogP contribution in [-0.2, 0) is 11.2 Å². The van der Waals surface area contributed by atoms with Gasteiger partial charge in [-0.3, -0.25) is 4.79 Å². The normalized spacial score (nSPS) is 12.3. The minimum atomic E-state index is -0.203. The van der Waals surface area contributed by atoms with Crippen LogP contribution in [0.15, 0.2) is 24.5 Å². The van der Waals surface area contributed by atoms with E-state index in [2.05, 4.69) is 20.4 Å². The second kappa shape index (κ2) is 7.60. The zero-order valence-corrected chi connectivity index (χ0v) is 16.3. The van der Waals surface area contributed by atoms with Crippen molar-refractivity contribution < 1.29 is 4.79 Å². The van der Waals surface area contributed by atoms with E-state index in [4.69, 9.17) is 23.2 Å². The number of benzene rings is 1. The quantitative estimate of drug-likeness (QED) is 0.716. The summed E-state index contributed by atoms with van der Waals surface area (Å²) in [6.07, 6.45) is 2.40. The van der Waals surface area contributed by atoms with Gasteiger partial charge in [0.2, 0.25) is 5.91 Å². The van der Waals surface area contributed by atoms with Crippen LogP contribution in [0.2, 0.25) is 10.0 Å². The summed E-state index contributed by atoms with van der Waals surface area (Å²) >= 11 is 12.1. The molecule has 2 heterocycles. The van der Waals surface area contributed by atoms with Crippen LogP contribution in [0.4, 0.5) is 0 Å². The Kier molecular flexibility index (Phi) is 5.44. The summed E-state index contributed by atoms with van der Waals surface area (Å²) in [6, 6.07) is 5.06. The summed E-state index contributed by atoms with van der Waals surface area (Å²) in [5.74, 6) is 0.514. The maximum absolute atomic E-state index is 12.4. The highest BCUT2D eigenvalue weighted by Gasteiger charge is 2.15. The van der Waals surface area contributed by atoms with E-state index in [1.54, 1.807) is 16.6 Å². The standard InChI is InChI=1S/C18H19Cl2N5O/c1-10-14(12(3)25-18(24-10)21-9-22-25)6-7-17(26)23-11(2)15-5-4-13(19)8-16(15)20/h4-5,8-9,11H,6-7H2,1-3H3,(H,23,26)/t11-/m1/s1. The molecule has 0 aliphatic rings. The van der Waals surface area contributed by atoms with Crippen molar-refractivity contribution in [2.24, 2.45) is 0 Å². The number of hydrogen-bond acceptors (Lipinski definition) is 4. The Morgan fingerprint density at radius 3 is 2.81 bits per heavy atom. The molecule has 1 amide bonds. The van der Waals surface area contributed by atoms with E-state index in [0.29, 0.717) is 28.7 Å². The summed E-state index contributed by atoms with van der Waals surface area (Å²) in [7, 11) is 0. The third-order valence-corrected chi connectivity index (χ3v) is 4.96. The Balaban J connectivity index is 1.67. The highest BCUT2D eigenvalue weighted by molar-refractivity contribution is 6.35. The third kappa shape index (κ3) is 3.81. The number of rotatable bonds is 5. The van der Waals surface area contributed by atoms with Gasteiger partial charge >= 0.3 is 0 Å². The fraction of sp³-hybridized carbons (Fsp3) is 0.333. The van der Waals surface area contributed by atoms with Crippen LogP contribution in [0.5, 0.6) is 0 Å². The van der Waals surface area contributed by atoms with Crippen LogP contribution >= 0.6 is 23.2 Å². The lowest BCUT2D eigenvalue weighted by molar-refractivity contribution is -0.121. The molecule has 0 aliphatic carbocycles. The van der Waals surface area contributed by atoms with Gasteiger partial charge in [0.05, 0.1) is 6.04 Å². The first-order chi connectivity index (χ1) is 12.4. The predicted molar refractivity (Wildman–Crippen MR) is 102 cm³/mol. The maximum Gasteiger partial charge on any atom is 0.252 e. The topological polar surface area (TPSA) is 72.2 Å². The van der Waals surface area contributed by atoms with Crippen LogP contribution in [0.1, 0.15) is 41.9 Å². The van der Waals surface area contributed by atoms with Crippen LogP contribution < -0.4 is 5.32 Å². The van der Waals surface area contributed by atoms with Crippen LogP contribution in [0.25, 0.3) is 5.78 Å². The van der Waals surface area contributed by atoms with Crippen LogP contribution in [-0.4, -0.2) is 25.5 Å². The lowest BCUT2D eigenvalue weighted by Crippen LogP contribution is -2.27. The largest absolute Gasteiger partial charge is 0.350 e. The molecular weight excluding hydrogens is 373 g/mol. The molecule has 0 bridgehead atoms. The molecule has 3 aromatic rings. The summed E-state index contributed by atoms with van der Waals surface area (Å²) < 4.78 is 1.69. The van der Waals surface area contributed by atoms with Gasteiger partial charge in [-0.1, -0.05) is 29.3 Å². The number of carbonyl (C=O) groups is 1. The number of aryl methyl sites for hydroxylation is 2. The van der Waals surface area contributed by atoms with Gasteiger partial charge in [-0.2, -0.15) is 10.1 Å². The summed E-state index contributed by atoms with van der Waals surface area (Å²) in [5.41, 5.74) is 3.66. The number of nitrogens with zero attached hydrogens (tertiary/aromatic N) is 4. The summed E-state index contributed by atoms with van der Waals surface area (Å²) in [6.45, 7) is 5.78. The first kappa shape index (κ1) is 18.6. The Hall–Kier alpha value is -2.18. The third-order valence-electron chi connectivity index (χ3n) is 4.40. The van der Waals surface area contributed by atoms with E-state index in [-0.39, 0.29) is 11.9 Å². The number of carbonyl (C=O) groups excluding carboxylic acids is 1. The van der Waals surface area contributed by atoms with Crippen molar-refractivity contribution in [3.05, 3.63) is 57.1 Å². The van der Waals surface area contributed by atoms with E-state index in [0.717, 1.165) is 22.5 Å². The van der Waals surface area contributed by atoms with Gasteiger partial charge in [-0.05, 0) is 50.5 Å². The monoisotopic (exact) mass is 391 g/mol. The number of aromatic nitrogens is 4. The molecule has 6 nitrogen and oxygen atoms in total. The zero-order chi connectivity index (χ0) is 18.8. The average molecular weight is 392 g/mol. The molecule has 26 heavy (non-hydrogen) atoms. The van der Waals surface area contributed by atoms with Crippen molar-refractivity contribution in [2.75, 3.05) is 0 Å². The SMILES string of the molecule is Cc1nc2ncnn2c(C)c1CCC(=O)N[C@H](C)c1ccc(Cl)cc1Cl. The van der Waals surface area contributed by atoms with E-state index >= 15 is 0 Å². The molecule has 1 aromatic carbocycles. The zero-order valence-electron chi connectivity index (χ0n) is 14.8. The molecule has 2 aromatic heterocycles. The molecule has 0 aliphatic heterocycles. The minimum Gasteiger partial charge on any atom is -0.350 e. The first-order valence-electron chi connectivity index (χ1n) is 8.27. The Morgan fingerprint density at radius 1 is 1.31 bits per heavy atom. The number of amides is 1. The molecule has 136 valence electrons. The fourth-order valence-electron chi connectivity index (χ4n) is 3.00. The van der Waals surface area contributed by atoms with Crippen molar-refractivity contribution >= 4 is 34.9 Å². The van der Waals surface area contributed by atoms with Gasteiger partial charge in [-0.15, -0.1) is 0 Å². The highest BCUT2D eigenvalue weighted by atomic mass is 35.5. The van der Waals surface area contributed by atoms with Gasteiger partial charge in [0.15, 0.2) is 0 Å². The predicted octanol–water partition coefficient (Wildman–Crippen LogP) is 3.86. The molecule has 0 spiro atoms. The first-order valence-corrected chi connectivity index (χ1v) is 9.02. The molecule has 1 atom stereocenters. The van der Waals surface area contributed by atoms with Crippen molar-refractivity contribution in [1.29, 1.82) is 0 Å². The molecule has 0 unspecified atom stereocenters. The smallest absolute Gasteiger partial charge is 0.252 e. The van der Waals surface area contributed by atoms with Gasteiger partial charge in [0.1, 0.15) is 6.33 Å². The van der Waals surface area contributed by atoms with Gasteiger partial charge in [-0.25, -0.2) is 9.50 Å².